The summed E-state index contributed by atoms with van der Waals surface area (Å²) in [4.78, 5) is 27.6. The average Bonchev–Trinajstić information content (AvgIpc) is 3.62. The molecule has 0 bridgehead atoms. The van der Waals surface area contributed by atoms with Crippen LogP contribution >= 0.6 is 0 Å². The number of furan rings is 1. The minimum absolute atomic E-state index is 0.115. The molecule has 0 aliphatic carbocycles. The van der Waals surface area contributed by atoms with Crippen molar-refractivity contribution in [2.75, 3.05) is 32.1 Å². The number of para-hydroxylation sites is 1. The van der Waals surface area contributed by atoms with Crippen molar-refractivity contribution < 1.29 is 18.7 Å². The number of nitrogens with two attached hydrogens (primary N) is 1. The van der Waals surface area contributed by atoms with Crippen LogP contribution in [-0.4, -0.2) is 54.1 Å². The lowest BCUT2D eigenvalue weighted by Gasteiger charge is -2.34. The van der Waals surface area contributed by atoms with Crippen molar-refractivity contribution in [1.29, 1.82) is 0 Å². The van der Waals surface area contributed by atoms with Crippen LogP contribution in [0.1, 0.15) is 59.0 Å². The first kappa shape index (κ1) is 28.6. The summed E-state index contributed by atoms with van der Waals surface area (Å²) in [5, 5.41) is 4.10. The van der Waals surface area contributed by atoms with Crippen LogP contribution in [0.5, 0.6) is 0 Å². The smallest absolute Gasteiger partial charge is 0.291 e. The van der Waals surface area contributed by atoms with Gasteiger partial charge in [-0.2, -0.15) is 0 Å². The average molecular weight is 557 g/mol. The van der Waals surface area contributed by atoms with Crippen molar-refractivity contribution >= 4 is 28.4 Å². The number of carbonyl (C=O) groups is 2. The number of rotatable bonds is 11. The van der Waals surface area contributed by atoms with Crippen molar-refractivity contribution in [2.45, 2.75) is 57.5 Å². The van der Waals surface area contributed by atoms with E-state index in [1.54, 1.807) is 19.2 Å². The molecule has 3 heterocycles. The molecule has 1 aliphatic heterocycles. The van der Waals surface area contributed by atoms with Crippen LogP contribution in [0.3, 0.4) is 0 Å². The van der Waals surface area contributed by atoms with Crippen LogP contribution in [0, 0.1) is 6.92 Å². The number of hydrogen-bond donors (Lipinski definition) is 2. The van der Waals surface area contributed by atoms with Crippen molar-refractivity contribution in [3.8, 4) is 0 Å². The van der Waals surface area contributed by atoms with Crippen LogP contribution in [0.15, 0.2) is 71.3 Å². The molecule has 8 heteroatoms. The standard InChI is InChI=1S/C33H40N4O4/c1-23-28-9-3-4-10-29(28)37(17-7-18-40-2)32(23)25-8-5-16-36(22-25)31(38)21-26(34)20-24-12-14-27(15-13-24)35-33(39)30-11-6-19-41-30/h3-4,6,9-15,19,25-26H,5,7-8,16-18,20-22,34H2,1-2H3,(H,35,39)/t25?,26-/m1/s1. The molecule has 1 unspecified atom stereocenters. The first-order valence-electron chi connectivity index (χ1n) is 14.5. The molecule has 2 aromatic heterocycles. The maximum absolute atomic E-state index is 13.4. The summed E-state index contributed by atoms with van der Waals surface area (Å²) in [6, 6.07) is 19.2. The molecule has 2 aromatic carbocycles. The number of fused-ring (bicyclic) bond motifs is 1. The van der Waals surface area contributed by atoms with Gasteiger partial charge in [0.1, 0.15) is 0 Å². The van der Waals surface area contributed by atoms with Gasteiger partial charge in [-0.25, -0.2) is 0 Å². The second-order valence-electron chi connectivity index (χ2n) is 11.0. The summed E-state index contributed by atoms with van der Waals surface area (Å²) in [5.41, 5.74) is 12.1. The largest absolute Gasteiger partial charge is 0.459 e. The summed E-state index contributed by atoms with van der Waals surface area (Å²) in [7, 11) is 1.74. The van der Waals surface area contributed by atoms with Gasteiger partial charge in [-0.05, 0) is 74.1 Å². The van der Waals surface area contributed by atoms with Crippen molar-refractivity contribution in [2.24, 2.45) is 5.73 Å². The fourth-order valence-corrected chi connectivity index (χ4v) is 6.11. The lowest BCUT2D eigenvalue weighted by atomic mass is 9.91. The molecule has 1 fully saturated rings. The molecule has 0 saturated carbocycles. The summed E-state index contributed by atoms with van der Waals surface area (Å²) < 4.78 is 12.9. The number of amides is 2. The molecular formula is C33H40N4O4. The third-order valence-corrected chi connectivity index (χ3v) is 8.06. The molecule has 0 radical (unpaired) electrons. The van der Waals surface area contributed by atoms with Crippen LogP contribution in [-0.2, 0) is 22.5 Å². The van der Waals surface area contributed by atoms with Gasteiger partial charge in [0.05, 0.1) is 6.26 Å². The van der Waals surface area contributed by atoms with E-state index in [1.165, 1.54) is 28.4 Å². The van der Waals surface area contributed by atoms with E-state index in [9.17, 15) is 9.59 Å². The molecular weight excluding hydrogens is 516 g/mol. The van der Waals surface area contributed by atoms with E-state index in [0.717, 1.165) is 51.1 Å². The maximum Gasteiger partial charge on any atom is 0.291 e. The molecule has 4 aromatic rings. The molecule has 5 rings (SSSR count). The monoisotopic (exact) mass is 556 g/mol. The number of aromatic nitrogens is 1. The minimum Gasteiger partial charge on any atom is -0.459 e. The number of hydrogen-bond acceptors (Lipinski definition) is 5. The van der Waals surface area contributed by atoms with Gasteiger partial charge >= 0.3 is 0 Å². The van der Waals surface area contributed by atoms with E-state index in [0.29, 0.717) is 24.4 Å². The zero-order valence-electron chi connectivity index (χ0n) is 24.0. The molecule has 2 atom stereocenters. The van der Waals surface area contributed by atoms with E-state index in [1.807, 2.05) is 29.2 Å². The highest BCUT2D eigenvalue weighted by Gasteiger charge is 2.29. The van der Waals surface area contributed by atoms with Crippen LogP contribution in [0.2, 0.25) is 0 Å². The number of piperidine rings is 1. The maximum atomic E-state index is 13.4. The van der Waals surface area contributed by atoms with Gasteiger partial charge in [-0.15, -0.1) is 0 Å². The number of nitrogens with one attached hydrogen (secondary N) is 1. The van der Waals surface area contributed by atoms with Gasteiger partial charge in [-0.3, -0.25) is 9.59 Å². The molecule has 3 N–H and O–H groups in total. The third kappa shape index (κ3) is 6.72. The highest BCUT2D eigenvalue weighted by atomic mass is 16.5. The number of ether oxygens (including phenoxy) is 1. The Balaban J connectivity index is 1.20. The lowest BCUT2D eigenvalue weighted by molar-refractivity contribution is -0.132. The predicted molar refractivity (Wildman–Crippen MR) is 161 cm³/mol. The second kappa shape index (κ2) is 13.2. The Kier molecular flexibility index (Phi) is 9.21. The Morgan fingerprint density at radius 3 is 2.68 bits per heavy atom. The highest BCUT2D eigenvalue weighted by molar-refractivity contribution is 6.02. The summed E-state index contributed by atoms with van der Waals surface area (Å²) in [6.45, 7) is 5.33. The highest BCUT2D eigenvalue weighted by Crippen LogP contribution is 2.36. The zero-order chi connectivity index (χ0) is 28.8. The Hall–Kier alpha value is -3.88. The van der Waals surface area contributed by atoms with Crippen LogP contribution < -0.4 is 11.1 Å². The SMILES string of the molecule is COCCCn1c(C2CCCN(C(=O)C[C@H](N)Cc3ccc(NC(=O)c4ccco4)cc3)C2)c(C)c2ccccc21. The van der Waals surface area contributed by atoms with E-state index in [4.69, 9.17) is 14.9 Å². The minimum atomic E-state index is -0.296. The van der Waals surface area contributed by atoms with Crippen molar-refractivity contribution in [1.82, 2.24) is 9.47 Å². The van der Waals surface area contributed by atoms with Gasteiger partial charge in [0.15, 0.2) is 5.76 Å². The fourth-order valence-electron chi connectivity index (χ4n) is 6.11. The zero-order valence-corrected chi connectivity index (χ0v) is 24.0. The summed E-state index contributed by atoms with van der Waals surface area (Å²) in [5.74, 6) is 0.375. The van der Waals surface area contributed by atoms with Gasteiger partial charge in [0.2, 0.25) is 5.91 Å². The van der Waals surface area contributed by atoms with E-state index in [-0.39, 0.29) is 23.6 Å². The number of carbonyl (C=O) groups excluding carboxylic acids is 2. The quantitative estimate of drug-likeness (QED) is 0.238. The Morgan fingerprint density at radius 2 is 1.93 bits per heavy atom. The van der Waals surface area contributed by atoms with Crippen molar-refractivity contribution in [3.63, 3.8) is 0 Å². The Bertz CT molecular complexity index is 1460. The summed E-state index contributed by atoms with van der Waals surface area (Å²) in [6.07, 6.45) is 5.36. The van der Waals surface area contributed by atoms with Crippen LogP contribution in [0.4, 0.5) is 5.69 Å². The molecule has 1 aliphatic rings. The summed E-state index contributed by atoms with van der Waals surface area (Å²) >= 11 is 0. The molecule has 41 heavy (non-hydrogen) atoms. The van der Waals surface area contributed by atoms with E-state index < -0.39 is 0 Å². The number of anilines is 1. The fraction of sp³-hybridized carbons (Fsp3) is 0.394. The molecule has 216 valence electrons. The number of aryl methyl sites for hydroxylation is 2. The normalized spacial score (nSPS) is 16.2. The van der Waals surface area contributed by atoms with Gasteiger partial charge in [0.25, 0.3) is 5.91 Å². The lowest BCUT2D eigenvalue weighted by Crippen LogP contribution is -2.42. The third-order valence-electron chi connectivity index (χ3n) is 8.06. The second-order valence-corrected chi connectivity index (χ2v) is 11.0. The first-order valence-corrected chi connectivity index (χ1v) is 14.5. The van der Waals surface area contributed by atoms with Gasteiger partial charge < -0.3 is 29.7 Å². The molecule has 1 saturated heterocycles. The van der Waals surface area contributed by atoms with Crippen molar-refractivity contribution in [3.05, 3.63) is 89.5 Å². The topological polar surface area (TPSA) is 103 Å². The van der Waals surface area contributed by atoms with Crippen LogP contribution in [0.25, 0.3) is 10.9 Å². The Labute approximate surface area is 241 Å². The Morgan fingerprint density at radius 1 is 1.12 bits per heavy atom. The molecule has 0 spiro atoms. The van der Waals surface area contributed by atoms with Gasteiger partial charge in [-0.1, -0.05) is 30.3 Å². The van der Waals surface area contributed by atoms with E-state index >= 15 is 0 Å². The predicted octanol–water partition coefficient (Wildman–Crippen LogP) is 5.50. The number of nitrogens with zero attached hydrogens (tertiary/aromatic N) is 2. The van der Waals surface area contributed by atoms with Gasteiger partial charge in [0, 0.05) is 74.0 Å². The molecule has 8 nitrogen and oxygen atoms in total. The number of likely N-dealkylation sites (tertiary alicyclic amines) is 1. The molecule has 2 amide bonds. The number of benzene rings is 2. The number of methoxy groups -OCH3 is 1. The van der Waals surface area contributed by atoms with E-state index in [2.05, 4.69) is 41.1 Å². The first-order chi connectivity index (χ1) is 19.9.